The minimum Gasteiger partial charge on any atom is -0.493 e. The summed E-state index contributed by atoms with van der Waals surface area (Å²) in [5, 5.41) is 6.29. The molecule has 0 atom stereocenters. The van der Waals surface area contributed by atoms with Crippen LogP contribution in [-0.4, -0.2) is 76.5 Å². The molecule has 2 aromatic rings. The van der Waals surface area contributed by atoms with Gasteiger partial charge >= 0.3 is 11.8 Å². The third kappa shape index (κ3) is 5.62. The van der Waals surface area contributed by atoms with Crippen molar-refractivity contribution in [3.8, 4) is 17.2 Å². The third-order valence-electron chi connectivity index (χ3n) is 5.01. The summed E-state index contributed by atoms with van der Waals surface area (Å²) in [6, 6.07) is 9.79. The van der Waals surface area contributed by atoms with Crippen molar-refractivity contribution in [2.75, 3.05) is 52.9 Å². The highest BCUT2D eigenvalue weighted by molar-refractivity contribution is 6.40. The molecular formula is C23H26N4O7. The van der Waals surface area contributed by atoms with Crippen molar-refractivity contribution in [1.82, 2.24) is 10.3 Å². The lowest BCUT2D eigenvalue weighted by molar-refractivity contribution is -0.136. The van der Waals surface area contributed by atoms with Crippen molar-refractivity contribution in [1.29, 1.82) is 0 Å². The van der Waals surface area contributed by atoms with Crippen LogP contribution in [0.3, 0.4) is 0 Å². The second-order valence-corrected chi connectivity index (χ2v) is 7.03. The zero-order chi connectivity index (χ0) is 24.5. The number of hydrazone groups is 1. The molecule has 1 saturated heterocycles. The molecular weight excluding hydrogens is 444 g/mol. The van der Waals surface area contributed by atoms with Crippen molar-refractivity contribution in [2.45, 2.75) is 0 Å². The Kier molecular flexibility index (Phi) is 8.41. The minimum atomic E-state index is -1.01. The molecule has 2 N–H and O–H groups in total. The highest BCUT2D eigenvalue weighted by Crippen LogP contribution is 2.38. The lowest BCUT2D eigenvalue weighted by atomic mass is 10.1. The number of methoxy groups -OCH3 is 3. The van der Waals surface area contributed by atoms with Crippen molar-refractivity contribution in [2.24, 2.45) is 5.10 Å². The summed E-state index contributed by atoms with van der Waals surface area (Å²) in [4.78, 5) is 39.1. The van der Waals surface area contributed by atoms with Crippen LogP contribution in [0.1, 0.15) is 15.9 Å². The fraction of sp³-hybridized carbons (Fsp3) is 0.304. The molecule has 34 heavy (non-hydrogen) atoms. The van der Waals surface area contributed by atoms with Gasteiger partial charge in [0.25, 0.3) is 5.91 Å². The number of hydrogen-bond acceptors (Lipinski definition) is 8. The number of morpholine rings is 1. The predicted octanol–water partition coefficient (Wildman–Crippen LogP) is 1.27. The first-order valence-corrected chi connectivity index (χ1v) is 10.4. The van der Waals surface area contributed by atoms with E-state index in [1.54, 1.807) is 41.3 Å². The van der Waals surface area contributed by atoms with E-state index in [9.17, 15) is 14.4 Å². The Hall–Kier alpha value is -4.12. The molecule has 3 rings (SSSR count). The zero-order valence-corrected chi connectivity index (χ0v) is 19.1. The van der Waals surface area contributed by atoms with Crippen LogP contribution >= 0.6 is 0 Å². The SMILES string of the molecule is COc1ccc(/C=N\NC(=O)C(=O)Nc2ccccc2C(=O)N2CCOCC2)c(OC)c1OC. The Morgan fingerprint density at radius 2 is 1.65 bits per heavy atom. The smallest absolute Gasteiger partial charge is 0.329 e. The Morgan fingerprint density at radius 1 is 0.941 bits per heavy atom. The Balaban J connectivity index is 1.67. The molecule has 180 valence electrons. The number of amides is 3. The largest absolute Gasteiger partial charge is 0.493 e. The molecule has 0 bridgehead atoms. The number of benzene rings is 2. The molecule has 11 nitrogen and oxygen atoms in total. The number of nitrogens with one attached hydrogen (secondary N) is 2. The summed E-state index contributed by atoms with van der Waals surface area (Å²) in [5.41, 5.74) is 3.16. The van der Waals surface area contributed by atoms with Crippen LogP contribution in [0.4, 0.5) is 5.69 Å². The molecule has 0 unspecified atom stereocenters. The van der Waals surface area contributed by atoms with Gasteiger partial charge in [-0.3, -0.25) is 14.4 Å². The third-order valence-corrected chi connectivity index (χ3v) is 5.01. The molecule has 0 aliphatic carbocycles. The topological polar surface area (TPSA) is 128 Å². The molecule has 0 aromatic heterocycles. The van der Waals surface area contributed by atoms with Crippen LogP contribution < -0.4 is 25.0 Å². The van der Waals surface area contributed by atoms with Gasteiger partial charge in [-0.1, -0.05) is 12.1 Å². The Morgan fingerprint density at radius 3 is 2.32 bits per heavy atom. The molecule has 0 spiro atoms. The monoisotopic (exact) mass is 470 g/mol. The van der Waals surface area contributed by atoms with Crippen LogP contribution in [0.25, 0.3) is 0 Å². The number of hydrogen-bond donors (Lipinski definition) is 2. The van der Waals surface area contributed by atoms with Crippen molar-refractivity contribution in [3.05, 3.63) is 47.5 Å². The minimum absolute atomic E-state index is 0.227. The quantitative estimate of drug-likeness (QED) is 0.354. The first-order chi connectivity index (χ1) is 16.5. The van der Waals surface area contributed by atoms with Gasteiger partial charge in [0.15, 0.2) is 11.5 Å². The van der Waals surface area contributed by atoms with E-state index in [2.05, 4.69) is 15.8 Å². The maximum absolute atomic E-state index is 12.8. The molecule has 0 saturated carbocycles. The fourth-order valence-electron chi connectivity index (χ4n) is 3.33. The van der Waals surface area contributed by atoms with Crippen molar-refractivity contribution >= 4 is 29.6 Å². The summed E-state index contributed by atoms with van der Waals surface area (Å²) in [7, 11) is 4.42. The number of anilines is 1. The number of carbonyl (C=O) groups excluding carboxylic acids is 3. The first-order valence-electron chi connectivity index (χ1n) is 10.4. The van der Waals surface area contributed by atoms with Gasteiger partial charge in [0, 0.05) is 18.7 Å². The molecule has 0 radical (unpaired) electrons. The zero-order valence-electron chi connectivity index (χ0n) is 19.1. The average molecular weight is 470 g/mol. The van der Waals surface area contributed by atoms with E-state index in [4.69, 9.17) is 18.9 Å². The first kappa shape index (κ1) is 24.5. The lowest BCUT2D eigenvalue weighted by Gasteiger charge is -2.27. The van der Waals surface area contributed by atoms with Crippen LogP contribution in [0, 0.1) is 0 Å². The maximum atomic E-state index is 12.8. The van der Waals surface area contributed by atoms with E-state index in [1.165, 1.54) is 27.5 Å². The molecule has 2 aromatic carbocycles. The van der Waals surface area contributed by atoms with Gasteiger partial charge < -0.3 is 29.2 Å². The summed E-state index contributed by atoms with van der Waals surface area (Å²) in [6.45, 7) is 1.81. The van der Waals surface area contributed by atoms with E-state index in [1.807, 2.05) is 0 Å². The second-order valence-electron chi connectivity index (χ2n) is 7.03. The van der Waals surface area contributed by atoms with E-state index in [-0.39, 0.29) is 17.2 Å². The van der Waals surface area contributed by atoms with Crippen LogP contribution in [-0.2, 0) is 14.3 Å². The predicted molar refractivity (Wildman–Crippen MR) is 124 cm³/mol. The summed E-state index contributed by atoms with van der Waals surface area (Å²) >= 11 is 0. The van der Waals surface area contributed by atoms with Crippen LogP contribution in [0.5, 0.6) is 17.2 Å². The number of ether oxygens (including phenoxy) is 4. The Labute approximate surface area is 196 Å². The van der Waals surface area contributed by atoms with E-state index >= 15 is 0 Å². The van der Waals surface area contributed by atoms with Crippen molar-refractivity contribution < 1.29 is 33.3 Å². The number of rotatable bonds is 7. The van der Waals surface area contributed by atoms with Gasteiger partial charge in [-0.25, -0.2) is 5.43 Å². The molecule has 3 amide bonds. The average Bonchev–Trinajstić information content (AvgIpc) is 2.88. The van der Waals surface area contributed by atoms with Gasteiger partial charge in [-0.05, 0) is 24.3 Å². The van der Waals surface area contributed by atoms with Crippen LogP contribution in [0.2, 0.25) is 0 Å². The fourth-order valence-corrected chi connectivity index (χ4v) is 3.33. The normalized spacial score (nSPS) is 13.3. The molecule has 1 aliphatic rings. The second kappa shape index (κ2) is 11.7. The van der Waals surface area contributed by atoms with E-state index in [0.29, 0.717) is 49.1 Å². The van der Waals surface area contributed by atoms with Gasteiger partial charge in [0.05, 0.1) is 52.0 Å². The van der Waals surface area contributed by atoms with Gasteiger partial charge in [-0.2, -0.15) is 5.10 Å². The highest BCUT2D eigenvalue weighted by Gasteiger charge is 2.23. The number of carbonyl (C=O) groups is 3. The van der Waals surface area contributed by atoms with E-state index in [0.717, 1.165) is 0 Å². The lowest BCUT2D eigenvalue weighted by Crippen LogP contribution is -2.41. The summed E-state index contributed by atoms with van der Waals surface area (Å²) in [6.07, 6.45) is 1.31. The maximum Gasteiger partial charge on any atom is 0.329 e. The molecule has 1 fully saturated rings. The molecule has 1 aliphatic heterocycles. The molecule has 1 heterocycles. The standard InChI is InChI=1S/C23H26N4O7/c1-31-18-9-8-15(19(32-2)20(18)33-3)14-24-26-22(29)21(28)25-17-7-5-4-6-16(17)23(30)27-10-12-34-13-11-27/h4-9,14H,10-13H2,1-3H3,(H,25,28)(H,26,29)/b24-14-. The number of nitrogens with zero attached hydrogens (tertiary/aromatic N) is 2. The van der Waals surface area contributed by atoms with Crippen molar-refractivity contribution in [3.63, 3.8) is 0 Å². The molecule has 11 heteroatoms. The van der Waals surface area contributed by atoms with Crippen LogP contribution in [0.15, 0.2) is 41.5 Å². The Bertz CT molecular complexity index is 1080. The number of para-hydroxylation sites is 1. The van der Waals surface area contributed by atoms with Gasteiger partial charge in [-0.15, -0.1) is 0 Å². The highest BCUT2D eigenvalue weighted by atomic mass is 16.5. The van der Waals surface area contributed by atoms with E-state index < -0.39 is 11.8 Å². The summed E-state index contributed by atoms with van der Waals surface area (Å²) in [5.74, 6) is -1.06. The van der Waals surface area contributed by atoms with Gasteiger partial charge in [0.2, 0.25) is 5.75 Å². The summed E-state index contributed by atoms with van der Waals surface area (Å²) < 4.78 is 21.1. The van der Waals surface area contributed by atoms with Gasteiger partial charge in [0.1, 0.15) is 0 Å².